The predicted molar refractivity (Wildman–Crippen MR) is 76.1 cm³/mol. The van der Waals surface area contributed by atoms with E-state index in [1.165, 1.54) is 17.7 Å². The molecule has 0 spiro atoms. The summed E-state index contributed by atoms with van der Waals surface area (Å²) in [5.41, 5.74) is 0. The van der Waals surface area contributed by atoms with E-state index in [-0.39, 0.29) is 5.91 Å². The van der Waals surface area contributed by atoms with Gasteiger partial charge in [-0.3, -0.25) is 4.79 Å². The van der Waals surface area contributed by atoms with E-state index in [2.05, 4.69) is 15.9 Å². The molecular weight excluding hydrogens is 298 g/mol. The first kappa shape index (κ1) is 13.1. The van der Waals surface area contributed by atoms with Crippen molar-refractivity contribution >= 4 is 33.2 Å². The van der Waals surface area contributed by atoms with Gasteiger partial charge in [0.1, 0.15) is 0 Å². The smallest absolute Gasteiger partial charge is 0.263 e. The molecule has 1 atom stereocenters. The normalized spacial score (nSPS) is 20.6. The predicted octanol–water partition coefficient (Wildman–Crippen LogP) is 3.69. The maximum atomic E-state index is 12.3. The number of carbonyl (C=O) groups excluding carboxylic acids is 1. The summed E-state index contributed by atoms with van der Waals surface area (Å²) in [4.78, 5) is 16.4. The molecule has 1 aliphatic rings. The van der Waals surface area contributed by atoms with Crippen LogP contribution in [0.4, 0.5) is 0 Å². The first-order valence-corrected chi connectivity index (χ1v) is 8.06. The molecular formula is C13H18BrNOS. The maximum absolute atomic E-state index is 12.3. The molecule has 4 heteroatoms. The van der Waals surface area contributed by atoms with Gasteiger partial charge in [0.15, 0.2) is 0 Å². The van der Waals surface area contributed by atoms with E-state index in [0.29, 0.717) is 5.92 Å². The zero-order valence-corrected chi connectivity index (χ0v) is 12.5. The fourth-order valence-electron chi connectivity index (χ4n) is 2.34. The van der Waals surface area contributed by atoms with Crippen molar-refractivity contribution in [2.24, 2.45) is 5.92 Å². The summed E-state index contributed by atoms with van der Waals surface area (Å²) in [5, 5.41) is 1.04. The molecule has 2 heterocycles. The summed E-state index contributed by atoms with van der Waals surface area (Å²) in [6.45, 7) is 3.90. The molecule has 0 saturated carbocycles. The van der Waals surface area contributed by atoms with E-state index in [4.69, 9.17) is 0 Å². The van der Waals surface area contributed by atoms with E-state index in [1.807, 2.05) is 24.0 Å². The number of rotatable bonds is 3. The summed E-state index contributed by atoms with van der Waals surface area (Å²) in [6, 6.07) is 3.98. The minimum Gasteiger partial charge on any atom is -0.338 e. The van der Waals surface area contributed by atoms with Gasteiger partial charge >= 0.3 is 0 Å². The van der Waals surface area contributed by atoms with E-state index in [1.54, 1.807) is 11.3 Å². The number of likely N-dealkylation sites (tertiary alicyclic amines) is 1. The van der Waals surface area contributed by atoms with Crippen molar-refractivity contribution in [3.05, 3.63) is 21.9 Å². The lowest BCUT2D eigenvalue weighted by molar-refractivity contribution is 0.0677. The monoisotopic (exact) mass is 315 g/mol. The first-order valence-electron chi connectivity index (χ1n) is 6.12. The molecule has 0 aromatic carbocycles. The van der Waals surface area contributed by atoms with Crippen LogP contribution in [0.15, 0.2) is 12.1 Å². The summed E-state index contributed by atoms with van der Waals surface area (Å²) >= 11 is 5.09. The van der Waals surface area contributed by atoms with Gasteiger partial charge in [0.25, 0.3) is 5.91 Å². The Kier molecular flexibility index (Phi) is 4.62. The van der Waals surface area contributed by atoms with E-state index in [9.17, 15) is 4.79 Å². The molecule has 1 aliphatic heterocycles. The molecule has 1 amide bonds. The molecule has 0 radical (unpaired) electrons. The van der Waals surface area contributed by atoms with Gasteiger partial charge < -0.3 is 4.90 Å². The Labute approximate surface area is 115 Å². The van der Waals surface area contributed by atoms with Gasteiger partial charge in [-0.2, -0.15) is 0 Å². The number of carbonyl (C=O) groups is 1. The highest BCUT2D eigenvalue weighted by atomic mass is 79.9. The summed E-state index contributed by atoms with van der Waals surface area (Å²) in [7, 11) is 0. The van der Waals surface area contributed by atoms with Crippen LogP contribution >= 0.6 is 27.3 Å². The maximum Gasteiger partial charge on any atom is 0.263 e. The Morgan fingerprint density at radius 3 is 3.06 bits per heavy atom. The van der Waals surface area contributed by atoms with Crippen molar-refractivity contribution in [1.82, 2.24) is 4.90 Å². The molecule has 2 rings (SSSR count). The quantitative estimate of drug-likeness (QED) is 0.779. The number of aryl methyl sites for hydroxylation is 1. The minimum absolute atomic E-state index is 0.224. The van der Waals surface area contributed by atoms with Crippen LogP contribution in [0.3, 0.4) is 0 Å². The number of nitrogens with zero attached hydrogens (tertiary/aromatic N) is 1. The number of hydrogen-bond donors (Lipinski definition) is 0. The van der Waals surface area contributed by atoms with Crippen molar-refractivity contribution in [3.8, 4) is 0 Å². The zero-order valence-electron chi connectivity index (χ0n) is 10.1. The molecule has 1 unspecified atom stereocenters. The molecule has 0 aliphatic carbocycles. The number of thiophene rings is 1. The lowest BCUT2D eigenvalue weighted by atomic mass is 9.95. The lowest BCUT2D eigenvalue weighted by Crippen LogP contribution is -2.39. The molecule has 17 heavy (non-hydrogen) atoms. The highest BCUT2D eigenvalue weighted by Crippen LogP contribution is 2.24. The molecule has 1 aromatic heterocycles. The van der Waals surface area contributed by atoms with Crippen LogP contribution in [0.2, 0.25) is 0 Å². The lowest BCUT2D eigenvalue weighted by Gasteiger charge is -2.32. The van der Waals surface area contributed by atoms with E-state index < -0.39 is 0 Å². The van der Waals surface area contributed by atoms with Crippen LogP contribution in [-0.2, 0) is 0 Å². The standard InChI is InChI=1S/C13H18BrNOS/c1-10-4-5-12(17-10)13(16)15-8-2-3-11(9-15)6-7-14/h4-5,11H,2-3,6-9H2,1H3. The second-order valence-electron chi connectivity index (χ2n) is 4.65. The third-order valence-corrected chi connectivity index (χ3v) is 4.72. The molecule has 0 N–H and O–H groups in total. The fraction of sp³-hybridized carbons (Fsp3) is 0.615. The summed E-state index contributed by atoms with van der Waals surface area (Å²) in [5.74, 6) is 0.899. The van der Waals surface area contributed by atoms with Crippen LogP contribution in [-0.4, -0.2) is 29.2 Å². The van der Waals surface area contributed by atoms with Crippen LogP contribution in [0.5, 0.6) is 0 Å². The zero-order chi connectivity index (χ0) is 12.3. The topological polar surface area (TPSA) is 20.3 Å². The second kappa shape index (κ2) is 6.01. The summed E-state index contributed by atoms with van der Waals surface area (Å²) < 4.78 is 0. The van der Waals surface area contributed by atoms with Crippen molar-refractivity contribution in [2.75, 3.05) is 18.4 Å². The van der Waals surface area contributed by atoms with Gasteiger partial charge in [0.05, 0.1) is 4.88 Å². The molecule has 2 nitrogen and oxygen atoms in total. The Morgan fingerprint density at radius 2 is 2.41 bits per heavy atom. The average molecular weight is 316 g/mol. The van der Waals surface area contributed by atoms with Crippen molar-refractivity contribution < 1.29 is 4.79 Å². The number of piperidine rings is 1. The van der Waals surface area contributed by atoms with Gasteiger partial charge in [-0.15, -0.1) is 11.3 Å². The Hall–Kier alpha value is -0.350. The fourth-order valence-corrected chi connectivity index (χ4v) is 3.83. The number of alkyl halides is 1. The Balaban J connectivity index is 1.99. The van der Waals surface area contributed by atoms with Gasteiger partial charge in [-0.25, -0.2) is 0 Å². The van der Waals surface area contributed by atoms with Gasteiger partial charge in [-0.1, -0.05) is 15.9 Å². The van der Waals surface area contributed by atoms with E-state index in [0.717, 1.165) is 29.7 Å². The van der Waals surface area contributed by atoms with E-state index >= 15 is 0 Å². The summed E-state index contributed by atoms with van der Waals surface area (Å²) in [6.07, 6.45) is 3.58. The Morgan fingerprint density at radius 1 is 1.59 bits per heavy atom. The number of halogens is 1. The molecule has 0 bridgehead atoms. The van der Waals surface area contributed by atoms with Gasteiger partial charge in [0.2, 0.25) is 0 Å². The van der Waals surface area contributed by atoms with Crippen LogP contribution in [0, 0.1) is 12.8 Å². The molecule has 1 fully saturated rings. The Bertz CT molecular complexity index is 389. The van der Waals surface area contributed by atoms with Gasteiger partial charge in [-0.05, 0) is 44.2 Å². The number of amides is 1. The third kappa shape index (κ3) is 3.32. The first-order chi connectivity index (χ1) is 8.20. The average Bonchev–Trinajstić information content (AvgIpc) is 2.76. The molecule has 94 valence electrons. The van der Waals surface area contributed by atoms with Crippen molar-refractivity contribution in [3.63, 3.8) is 0 Å². The molecule has 1 saturated heterocycles. The SMILES string of the molecule is Cc1ccc(C(=O)N2CCCC(CCBr)C2)s1. The van der Waals surface area contributed by atoms with Gasteiger partial charge in [0, 0.05) is 23.3 Å². The second-order valence-corrected chi connectivity index (χ2v) is 6.73. The van der Waals surface area contributed by atoms with Crippen molar-refractivity contribution in [2.45, 2.75) is 26.2 Å². The largest absolute Gasteiger partial charge is 0.338 e. The number of hydrogen-bond acceptors (Lipinski definition) is 2. The highest BCUT2D eigenvalue weighted by Gasteiger charge is 2.24. The van der Waals surface area contributed by atoms with Crippen LogP contribution in [0.1, 0.15) is 33.8 Å². The molecule has 1 aromatic rings. The van der Waals surface area contributed by atoms with Crippen LogP contribution < -0.4 is 0 Å². The van der Waals surface area contributed by atoms with Crippen molar-refractivity contribution in [1.29, 1.82) is 0 Å². The van der Waals surface area contributed by atoms with Crippen LogP contribution in [0.25, 0.3) is 0 Å². The minimum atomic E-state index is 0.224. The highest BCUT2D eigenvalue weighted by molar-refractivity contribution is 9.09. The third-order valence-electron chi connectivity index (χ3n) is 3.27.